The molecule has 1 aliphatic carbocycles. The topological polar surface area (TPSA) is 80.4 Å². The Labute approximate surface area is 91.9 Å². The zero-order valence-corrected chi connectivity index (χ0v) is 8.60. The van der Waals surface area contributed by atoms with Gasteiger partial charge in [-0.2, -0.15) is 0 Å². The van der Waals surface area contributed by atoms with Gasteiger partial charge in [0.05, 0.1) is 4.92 Å². The third-order valence-electron chi connectivity index (χ3n) is 2.89. The standard InChI is InChI=1S/C11H11NO4/c13-11(14)9-5-7-3-1-2-4-8(7)6-10(9)12(15)16/h5-6H,1-4H2,(H,13,14). The Balaban J connectivity index is 2.59. The van der Waals surface area contributed by atoms with Crippen LogP contribution in [0.3, 0.4) is 0 Å². The second-order valence-corrected chi connectivity index (χ2v) is 3.91. The van der Waals surface area contributed by atoms with Crippen molar-refractivity contribution >= 4 is 11.7 Å². The highest BCUT2D eigenvalue weighted by molar-refractivity contribution is 5.92. The van der Waals surface area contributed by atoms with E-state index in [0.717, 1.165) is 36.8 Å². The number of carboxylic acid groups (broad SMARTS) is 1. The number of aryl methyl sites for hydroxylation is 2. The monoisotopic (exact) mass is 221 g/mol. The minimum Gasteiger partial charge on any atom is -0.477 e. The highest BCUT2D eigenvalue weighted by atomic mass is 16.6. The van der Waals surface area contributed by atoms with E-state index < -0.39 is 10.9 Å². The molecule has 0 fully saturated rings. The molecule has 16 heavy (non-hydrogen) atoms. The molecule has 1 N–H and O–H groups in total. The molecule has 0 saturated heterocycles. The summed E-state index contributed by atoms with van der Waals surface area (Å²) in [7, 11) is 0. The van der Waals surface area contributed by atoms with Crippen molar-refractivity contribution in [3.05, 3.63) is 38.9 Å². The summed E-state index contributed by atoms with van der Waals surface area (Å²) in [6.07, 6.45) is 3.64. The lowest BCUT2D eigenvalue weighted by atomic mass is 9.89. The van der Waals surface area contributed by atoms with E-state index in [2.05, 4.69) is 0 Å². The molecule has 0 saturated carbocycles. The smallest absolute Gasteiger partial charge is 0.342 e. The van der Waals surface area contributed by atoms with Gasteiger partial charge in [-0.25, -0.2) is 4.79 Å². The van der Waals surface area contributed by atoms with Gasteiger partial charge in [-0.3, -0.25) is 10.1 Å². The number of carbonyl (C=O) groups is 1. The van der Waals surface area contributed by atoms with Gasteiger partial charge in [-0.15, -0.1) is 0 Å². The number of hydrogen-bond acceptors (Lipinski definition) is 3. The molecule has 2 rings (SSSR count). The van der Waals surface area contributed by atoms with Gasteiger partial charge in [0.1, 0.15) is 5.56 Å². The van der Waals surface area contributed by atoms with Gasteiger partial charge >= 0.3 is 5.97 Å². The Morgan fingerprint density at radius 2 is 1.81 bits per heavy atom. The number of nitro benzene ring substituents is 1. The quantitative estimate of drug-likeness (QED) is 0.613. The molecule has 0 radical (unpaired) electrons. The molecular weight excluding hydrogens is 210 g/mol. The number of carboxylic acids is 1. The normalized spacial score (nSPS) is 14.2. The second-order valence-electron chi connectivity index (χ2n) is 3.91. The lowest BCUT2D eigenvalue weighted by Crippen LogP contribution is -2.09. The number of benzene rings is 1. The molecule has 0 spiro atoms. The fraction of sp³-hybridized carbons (Fsp3) is 0.364. The summed E-state index contributed by atoms with van der Waals surface area (Å²) in [5, 5.41) is 19.7. The SMILES string of the molecule is O=C(O)c1cc2c(cc1[N+](=O)[O-])CCCC2. The summed E-state index contributed by atoms with van der Waals surface area (Å²) in [5.74, 6) is -1.24. The molecule has 1 aromatic rings. The third-order valence-corrected chi connectivity index (χ3v) is 2.89. The summed E-state index contributed by atoms with van der Waals surface area (Å²) in [5.41, 5.74) is 1.36. The zero-order valence-electron chi connectivity index (χ0n) is 8.60. The molecule has 1 aliphatic rings. The van der Waals surface area contributed by atoms with Gasteiger partial charge < -0.3 is 5.11 Å². The maximum absolute atomic E-state index is 10.9. The van der Waals surface area contributed by atoms with E-state index in [1.165, 1.54) is 12.1 Å². The molecular formula is C11H11NO4. The molecule has 0 heterocycles. The van der Waals surface area contributed by atoms with E-state index >= 15 is 0 Å². The van der Waals surface area contributed by atoms with Crippen LogP contribution in [0, 0.1) is 10.1 Å². The average Bonchev–Trinajstić information content (AvgIpc) is 2.27. The molecule has 0 amide bonds. The predicted molar refractivity (Wildman–Crippen MR) is 56.7 cm³/mol. The van der Waals surface area contributed by atoms with E-state index in [1.54, 1.807) is 0 Å². The van der Waals surface area contributed by atoms with Crippen LogP contribution in [-0.2, 0) is 12.8 Å². The van der Waals surface area contributed by atoms with E-state index in [-0.39, 0.29) is 11.3 Å². The van der Waals surface area contributed by atoms with Crippen molar-refractivity contribution < 1.29 is 14.8 Å². The van der Waals surface area contributed by atoms with Crippen LogP contribution in [0.5, 0.6) is 0 Å². The summed E-state index contributed by atoms with van der Waals surface area (Å²) < 4.78 is 0. The van der Waals surface area contributed by atoms with Gasteiger partial charge in [0.25, 0.3) is 5.69 Å². The molecule has 0 atom stereocenters. The van der Waals surface area contributed by atoms with Crippen LogP contribution in [0.25, 0.3) is 0 Å². The van der Waals surface area contributed by atoms with Crippen LogP contribution < -0.4 is 0 Å². The van der Waals surface area contributed by atoms with E-state index in [1.807, 2.05) is 0 Å². The lowest BCUT2D eigenvalue weighted by Gasteiger charge is -2.15. The maximum atomic E-state index is 10.9. The largest absolute Gasteiger partial charge is 0.477 e. The van der Waals surface area contributed by atoms with Crippen molar-refractivity contribution in [2.75, 3.05) is 0 Å². The summed E-state index contributed by atoms with van der Waals surface area (Å²) in [6, 6.07) is 2.87. The van der Waals surface area contributed by atoms with Crippen LogP contribution in [-0.4, -0.2) is 16.0 Å². The van der Waals surface area contributed by atoms with Crippen LogP contribution in [0.4, 0.5) is 5.69 Å². The van der Waals surface area contributed by atoms with Crippen molar-refractivity contribution in [1.29, 1.82) is 0 Å². The van der Waals surface area contributed by atoms with E-state index in [4.69, 9.17) is 5.11 Å². The Kier molecular flexibility index (Phi) is 2.60. The maximum Gasteiger partial charge on any atom is 0.342 e. The number of aromatic carboxylic acids is 1. The summed E-state index contributed by atoms with van der Waals surface area (Å²) in [4.78, 5) is 21.0. The first kappa shape index (κ1) is 10.6. The highest BCUT2D eigenvalue weighted by Crippen LogP contribution is 2.28. The Morgan fingerprint density at radius 1 is 1.25 bits per heavy atom. The Hall–Kier alpha value is -1.91. The fourth-order valence-electron chi connectivity index (χ4n) is 2.10. The number of nitro groups is 1. The third kappa shape index (κ3) is 1.76. The number of nitrogens with zero attached hydrogens (tertiary/aromatic N) is 1. The van der Waals surface area contributed by atoms with Gasteiger partial charge in [0.2, 0.25) is 0 Å². The molecule has 0 aromatic heterocycles. The second kappa shape index (κ2) is 3.92. The van der Waals surface area contributed by atoms with E-state index in [0.29, 0.717) is 0 Å². The highest BCUT2D eigenvalue weighted by Gasteiger charge is 2.23. The zero-order chi connectivity index (χ0) is 11.7. The van der Waals surface area contributed by atoms with Crippen molar-refractivity contribution in [2.24, 2.45) is 0 Å². The first-order valence-corrected chi connectivity index (χ1v) is 5.13. The number of rotatable bonds is 2. The van der Waals surface area contributed by atoms with Crippen LogP contribution >= 0.6 is 0 Å². The molecule has 5 heteroatoms. The Morgan fingerprint density at radius 3 is 2.31 bits per heavy atom. The average molecular weight is 221 g/mol. The van der Waals surface area contributed by atoms with Crippen LogP contribution in [0.1, 0.15) is 34.3 Å². The molecule has 0 unspecified atom stereocenters. The molecule has 84 valence electrons. The van der Waals surface area contributed by atoms with Crippen LogP contribution in [0.2, 0.25) is 0 Å². The van der Waals surface area contributed by atoms with Gasteiger partial charge in [-0.1, -0.05) is 0 Å². The van der Waals surface area contributed by atoms with Crippen molar-refractivity contribution in [1.82, 2.24) is 0 Å². The predicted octanol–water partition coefficient (Wildman–Crippen LogP) is 2.17. The molecule has 1 aromatic carbocycles. The number of hydrogen-bond donors (Lipinski definition) is 1. The first-order chi connectivity index (χ1) is 7.59. The van der Waals surface area contributed by atoms with Crippen LogP contribution in [0.15, 0.2) is 12.1 Å². The van der Waals surface area contributed by atoms with E-state index in [9.17, 15) is 14.9 Å². The molecule has 0 bridgehead atoms. The molecule has 5 nitrogen and oxygen atoms in total. The summed E-state index contributed by atoms with van der Waals surface area (Å²) >= 11 is 0. The van der Waals surface area contributed by atoms with Gasteiger partial charge in [0, 0.05) is 6.07 Å². The van der Waals surface area contributed by atoms with Crippen molar-refractivity contribution in [2.45, 2.75) is 25.7 Å². The minimum atomic E-state index is -1.24. The Bertz CT molecular complexity index is 424. The fourth-order valence-corrected chi connectivity index (χ4v) is 2.10. The minimum absolute atomic E-state index is 0.203. The lowest BCUT2D eigenvalue weighted by molar-refractivity contribution is -0.385. The van der Waals surface area contributed by atoms with Gasteiger partial charge in [0.15, 0.2) is 0 Å². The van der Waals surface area contributed by atoms with Gasteiger partial charge in [-0.05, 0) is 42.9 Å². The van der Waals surface area contributed by atoms with Crippen molar-refractivity contribution in [3.8, 4) is 0 Å². The van der Waals surface area contributed by atoms with Crippen molar-refractivity contribution in [3.63, 3.8) is 0 Å². The number of fused-ring (bicyclic) bond motifs is 1. The first-order valence-electron chi connectivity index (χ1n) is 5.13. The summed E-state index contributed by atoms with van der Waals surface area (Å²) in [6.45, 7) is 0. The molecule has 0 aliphatic heterocycles.